The van der Waals surface area contributed by atoms with E-state index >= 15 is 0 Å². The molecule has 0 aliphatic carbocycles. The van der Waals surface area contributed by atoms with Crippen molar-refractivity contribution < 1.29 is 4.39 Å². The van der Waals surface area contributed by atoms with E-state index in [-0.39, 0.29) is 5.82 Å². The van der Waals surface area contributed by atoms with Crippen LogP contribution in [0, 0.1) is 17.1 Å². The van der Waals surface area contributed by atoms with Gasteiger partial charge in [0.2, 0.25) is 0 Å². The first-order chi connectivity index (χ1) is 6.24. The molecule has 0 aliphatic heterocycles. The monoisotopic (exact) mass is 195 g/mol. The Balaban J connectivity index is 2.85. The zero-order valence-electron chi connectivity index (χ0n) is 6.80. The Hall–Kier alpha value is -1.33. The Morgan fingerprint density at radius 1 is 1.54 bits per heavy atom. The summed E-state index contributed by atoms with van der Waals surface area (Å²) in [5.74, 6) is -0.359. The molecule has 0 saturated carbocycles. The average molecular weight is 196 g/mol. The molecule has 1 aromatic rings. The summed E-state index contributed by atoms with van der Waals surface area (Å²) in [6.07, 6.45) is 3.71. The van der Waals surface area contributed by atoms with Crippen LogP contribution in [0.4, 0.5) is 4.39 Å². The minimum atomic E-state index is -0.359. The molecule has 3 heteroatoms. The van der Waals surface area contributed by atoms with Crippen molar-refractivity contribution in [3.8, 4) is 6.07 Å². The SMILES string of the molecule is N#CCC=Cc1ccc(F)cc1Cl. The molecule has 13 heavy (non-hydrogen) atoms. The minimum Gasteiger partial charge on any atom is -0.207 e. The molecule has 0 bridgehead atoms. The van der Waals surface area contributed by atoms with Crippen molar-refractivity contribution in [1.82, 2.24) is 0 Å². The van der Waals surface area contributed by atoms with Crippen molar-refractivity contribution in [3.05, 3.63) is 40.7 Å². The highest BCUT2D eigenvalue weighted by atomic mass is 35.5. The van der Waals surface area contributed by atoms with E-state index in [4.69, 9.17) is 16.9 Å². The van der Waals surface area contributed by atoms with Crippen LogP contribution in [-0.4, -0.2) is 0 Å². The van der Waals surface area contributed by atoms with Crippen LogP contribution in [0.25, 0.3) is 6.08 Å². The minimum absolute atomic E-state index is 0.327. The summed E-state index contributed by atoms with van der Waals surface area (Å²) in [6.45, 7) is 0. The third-order valence-corrected chi connectivity index (χ3v) is 1.80. The van der Waals surface area contributed by atoms with Gasteiger partial charge in [-0.1, -0.05) is 29.8 Å². The molecular weight excluding hydrogens is 189 g/mol. The van der Waals surface area contributed by atoms with Gasteiger partial charge in [0.05, 0.1) is 17.5 Å². The third-order valence-electron chi connectivity index (χ3n) is 1.47. The first-order valence-electron chi connectivity index (χ1n) is 3.72. The zero-order valence-corrected chi connectivity index (χ0v) is 7.55. The van der Waals surface area contributed by atoms with E-state index in [1.807, 2.05) is 6.07 Å². The van der Waals surface area contributed by atoms with Crippen molar-refractivity contribution in [2.45, 2.75) is 6.42 Å². The Morgan fingerprint density at radius 2 is 2.31 bits per heavy atom. The quantitative estimate of drug-likeness (QED) is 0.710. The van der Waals surface area contributed by atoms with Crippen molar-refractivity contribution in [1.29, 1.82) is 5.26 Å². The van der Waals surface area contributed by atoms with Crippen LogP contribution >= 0.6 is 11.6 Å². The standard InChI is InChI=1S/C10H7ClFN/c11-10-7-9(12)5-4-8(10)3-1-2-6-13/h1,3-5,7H,2H2. The second kappa shape index (κ2) is 4.64. The van der Waals surface area contributed by atoms with E-state index in [1.165, 1.54) is 12.1 Å². The Labute approximate surface area is 81.1 Å². The average Bonchev–Trinajstić information content (AvgIpc) is 2.09. The van der Waals surface area contributed by atoms with Gasteiger partial charge in [-0.15, -0.1) is 0 Å². The van der Waals surface area contributed by atoms with Gasteiger partial charge >= 0.3 is 0 Å². The second-order valence-corrected chi connectivity index (χ2v) is 2.84. The normalized spacial score (nSPS) is 10.2. The van der Waals surface area contributed by atoms with Crippen LogP contribution in [0.5, 0.6) is 0 Å². The molecule has 0 N–H and O–H groups in total. The smallest absolute Gasteiger partial charge is 0.124 e. The number of halogens is 2. The molecule has 0 aliphatic rings. The molecule has 0 saturated heterocycles. The van der Waals surface area contributed by atoms with Gasteiger partial charge in [-0.25, -0.2) is 4.39 Å². The number of rotatable bonds is 2. The fourth-order valence-corrected chi connectivity index (χ4v) is 1.11. The highest BCUT2D eigenvalue weighted by molar-refractivity contribution is 6.32. The van der Waals surface area contributed by atoms with E-state index in [0.717, 1.165) is 5.56 Å². The van der Waals surface area contributed by atoms with Crippen LogP contribution in [0.1, 0.15) is 12.0 Å². The Kier molecular flexibility index (Phi) is 3.48. The molecule has 1 rings (SSSR count). The first kappa shape index (κ1) is 9.76. The van der Waals surface area contributed by atoms with E-state index in [9.17, 15) is 4.39 Å². The number of benzene rings is 1. The largest absolute Gasteiger partial charge is 0.207 e. The third kappa shape index (κ3) is 2.89. The molecular formula is C10H7ClFN. The van der Waals surface area contributed by atoms with Gasteiger partial charge < -0.3 is 0 Å². The number of hydrogen-bond acceptors (Lipinski definition) is 1. The lowest BCUT2D eigenvalue weighted by atomic mass is 10.2. The molecule has 0 amide bonds. The molecule has 1 nitrogen and oxygen atoms in total. The van der Waals surface area contributed by atoms with Gasteiger partial charge in [0.15, 0.2) is 0 Å². The van der Waals surface area contributed by atoms with E-state index < -0.39 is 0 Å². The fraction of sp³-hybridized carbons (Fsp3) is 0.100. The van der Waals surface area contributed by atoms with E-state index in [2.05, 4.69) is 0 Å². The number of allylic oxidation sites excluding steroid dienone is 1. The Morgan fingerprint density at radius 3 is 2.92 bits per heavy atom. The summed E-state index contributed by atoms with van der Waals surface area (Å²) in [6, 6.07) is 6.11. The molecule has 0 unspecified atom stereocenters. The van der Waals surface area contributed by atoms with Crippen LogP contribution < -0.4 is 0 Å². The molecule has 1 aromatic carbocycles. The molecule has 66 valence electrons. The lowest BCUT2D eigenvalue weighted by Crippen LogP contribution is -1.77. The van der Waals surface area contributed by atoms with Gasteiger partial charge in [-0.05, 0) is 17.7 Å². The van der Waals surface area contributed by atoms with Gasteiger partial charge in [-0.3, -0.25) is 0 Å². The molecule has 0 heterocycles. The topological polar surface area (TPSA) is 23.8 Å². The van der Waals surface area contributed by atoms with Gasteiger partial charge in [0.25, 0.3) is 0 Å². The molecule has 0 fully saturated rings. The maximum atomic E-state index is 12.6. The maximum absolute atomic E-state index is 12.6. The summed E-state index contributed by atoms with van der Waals surface area (Å²) in [5.41, 5.74) is 0.721. The van der Waals surface area contributed by atoms with Crippen LogP contribution in [0.2, 0.25) is 5.02 Å². The lowest BCUT2D eigenvalue weighted by Gasteiger charge is -1.96. The van der Waals surface area contributed by atoms with E-state index in [1.54, 1.807) is 18.2 Å². The number of nitrogens with zero attached hydrogens (tertiary/aromatic N) is 1. The molecule has 0 radical (unpaired) electrons. The lowest BCUT2D eigenvalue weighted by molar-refractivity contribution is 0.628. The summed E-state index contributed by atoms with van der Waals surface area (Å²) in [7, 11) is 0. The van der Waals surface area contributed by atoms with E-state index in [0.29, 0.717) is 11.4 Å². The fourth-order valence-electron chi connectivity index (χ4n) is 0.875. The van der Waals surface area contributed by atoms with Gasteiger partial charge in [0.1, 0.15) is 5.82 Å². The number of nitriles is 1. The Bertz CT molecular complexity index is 366. The summed E-state index contributed by atoms with van der Waals surface area (Å²) in [4.78, 5) is 0. The van der Waals surface area contributed by atoms with Gasteiger partial charge in [0, 0.05) is 0 Å². The second-order valence-electron chi connectivity index (χ2n) is 2.43. The molecule has 0 aromatic heterocycles. The predicted molar refractivity (Wildman–Crippen MR) is 50.7 cm³/mol. The van der Waals surface area contributed by atoms with Gasteiger partial charge in [-0.2, -0.15) is 5.26 Å². The highest BCUT2D eigenvalue weighted by Gasteiger charge is 1.97. The van der Waals surface area contributed by atoms with Crippen LogP contribution in [0.3, 0.4) is 0 Å². The zero-order chi connectivity index (χ0) is 9.68. The van der Waals surface area contributed by atoms with Crippen molar-refractivity contribution in [2.24, 2.45) is 0 Å². The van der Waals surface area contributed by atoms with Crippen molar-refractivity contribution >= 4 is 17.7 Å². The summed E-state index contributed by atoms with van der Waals surface area (Å²) >= 11 is 5.73. The highest BCUT2D eigenvalue weighted by Crippen LogP contribution is 2.18. The summed E-state index contributed by atoms with van der Waals surface area (Å²) < 4.78 is 12.6. The van der Waals surface area contributed by atoms with Crippen LogP contribution in [0.15, 0.2) is 24.3 Å². The maximum Gasteiger partial charge on any atom is 0.124 e. The molecule has 0 atom stereocenters. The number of hydrogen-bond donors (Lipinski definition) is 0. The molecule has 0 spiro atoms. The van der Waals surface area contributed by atoms with Crippen molar-refractivity contribution in [2.75, 3.05) is 0 Å². The van der Waals surface area contributed by atoms with Crippen molar-refractivity contribution in [3.63, 3.8) is 0 Å². The first-order valence-corrected chi connectivity index (χ1v) is 4.10. The predicted octanol–water partition coefficient (Wildman–Crippen LogP) is 3.41. The van der Waals surface area contributed by atoms with Crippen LogP contribution in [-0.2, 0) is 0 Å². The summed E-state index contributed by atoms with van der Waals surface area (Å²) in [5, 5.41) is 8.62.